The van der Waals surface area contributed by atoms with Crippen molar-refractivity contribution in [3.8, 4) is 0 Å². The van der Waals surface area contributed by atoms with Crippen LogP contribution in [0.3, 0.4) is 0 Å². The summed E-state index contributed by atoms with van der Waals surface area (Å²) in [4.78, 5) is 0.212. The van der Waals surface area contributed by atoms with Crippen LogP contribution in [0, 0.1) is 0 Å². The molecule has 0 amide bonds. The zero-order chi connectivity index (χ0) is 14.8. The van der Waals surface area contributed by atoms with Gasteiger partial charge in [0.15, 0.2) is 0 Å². The maximum Gasteiger partial charge on any atom is 0.446 e. The summed E-state index contributed by atoms with van der Waals surface area (Å²) in [5.41, 5.74) is -3.26. The monoisotopic (exact) mass is 307 g/mol. The molecule has 0 saturated heterocycles. The molecular weight excluding hydrogens is 287 g/mol. The summed E-state index contributed by atoms with van der Waals surface area (Å²) in [6.07, 6.45) is 2.19. The van der Waals surface area contributed by atoms with Crippen LogP contribution in [-0.4, -0.2) is 25.3 Å². The lowest BCUT2D eigenvalue weighted by Gasteiger charge is -2.08. The molecule has 0 aromatic heterocycles. The number of hydrogen-bond acceptors (Lipinski definition) is 3. The molecule has 0 bridgehead atoms. The average Bonchev–Trinajstić information content (AvgIpc) is 2.38. The van der Waals surface area contributed by atoms with Gasteiger partial charge in [0.2, 0.25) is 0 Å². The highest BCUT2D eigenvalue weighted by atomic mass is 32.2. The molecule has 0 radical (unpaired) electrons. The van der Waals surface area contributed by atoms with Gasteiger partial charge in [-0.1, -0.05) is 25.5 Å². The van der Waals surface area contributed by atoms with Crippen LogP contribution in [-0.2, 0) is 11.3 Å². The molecule has 0 aliphatic rings. The van der Waals surface area contributed by atoms with Crippen LogP contribution in [0.4, 0.5) is 13.2 Å². The third-order valence-electron chi connectivity index (χ3n) is 2.55. The summed E-state index contributed by atoms with van der Waals surface area (Å²) in [6.45, 7) is 4.92. The summed E-state index contributed by atoms with van der Waals surface area (Å²) < 4.78 is 41.9. The first kappa shape index (κ1) is 17.3. The number of hydrogen-bond donors (Lipinski definition) is 1. The van der Waals surface area contributed by atoms with E-state index < -0.39 is 5.51 Å². The first-order chi connectivity index (χ1) is 9.51. The minimum atomic E-state index is -4.23. The Bertz CT molecular complexity index is 368. The number of alkyl halides is 3. The van der Waals surface area contributed by atoms with Gasteiger partial charge >= 0.3 is 5.51 Å². The maximum atomic E-state index is 12.2. The van der Waals surface area contributed by atoms with E-state index in [0.717, 1.165) is 31.6 Å². The van der Waals surface area contributed by atoms with E-state index in [0.29, 0.717) is 13.2 Å². The molecule has 1 N–H and O–H groups in total. The van der Waals surface area contributed by atoms with Gasteiger partial charge in [0.1, 0.15) is 0 Å². The van der Waals surface area contributed by atoms with Crippen LogP contribution in [0.2, 0.25) is 0 Å². The number of nitrogens with one attached hydrogen (secondary N) is 1. The van der Waals surface area contributed by atoms with Crippen molar-refractivity contribution in [1.29, 1.82) is 0 Å². The average molecular weight is 307 g/mol. The molecule has 2 nitrogen and oxygen atoms in total. The molecule has 1 rings (SSSR count). The van der Waals surface area contributed by atoms with E-state index in [1.807, 2.05) is 0 Å². The van der Waals surface area contributed by atoms with Crippen molar-refractivity contribution in [2.75, 3.05) is 19.8 Å². The molecule has 114 valence electrons. The molecule has 6 heteroatoms. The van der Waals surface area contributed by atoms with Crippen LogP contribution in [0.1, 0.15) is 25.3 Å². The number of halogens is 3. The third-order valence-corrected chi connectivity index (χ3v) is 3.29. The Morgan fingerprint density at radius 3 is 2.45 bits per heavy atom. The lowest BCUT2D eigenvalue weighted by atomic mass is 10.2. The largest absolute Gasteiger partial charge is 0.446 e. The van der Waals surface area contributed by atoms with E-state index in [-0.39, 0.29) is 16.7 Å². The summed E-state index contributed by atoms with van der Waals surface area (Å²) in [7, 11) is 0. The molecular formula is C14H20F3NOS. The fourth-order valence-corrected chi connectivity index (χ4v) is 2.07. The van der Waals surface area contributed by atoms with E-state index in [9.17, 15) is 13.2 Å². The molecule has 20 heavy (non-hydrogen) atoms. The molecule has 0 fully saturated rings. The van der Waals surface area contributed by atoms with Crippen molar-refractivity contribution in [1.82, 2.24) is 5.32 Å². The third kappa shape index (κ3) is 8.45. The summed E-state index contributed by atoms with van der Waals surface area (Å²) in [5.74, 6) is 0. The Labute approximate surface area is 122 Å². The van der Waals surface area contributed by atoms with Crippen molar-refractivity contribution < 1.29 is 17.9 Å². The highest BCUT2D eigenvalue weighted by Crippen LogP contribution is 2.36. The Hall–Kier alpha value is -0.720. The Morgan fingerprint density at radius 2 is 1.85 bits per heavy atom. The van der Waals surface area contributed by atoms with Crippen LogP contribution in [0.25, 0.3) is 0 Å². The molecule has 0 unspecified atom stereocenters. The SMILES string of the molecule is CCCCOCCNCc1ccc(SC(F)(F)F)cc1. The summed E-state index contributed by atoms with van der Waals surface area (Å²) in [5, 5.41) is 3.19. The first-order valence-corrected chi connectivity index (χ1v) is 7.46. The topological polar surface area (TPSA) is 21.3 Å². The number of unbranched alkanes of at least 4 members (excludes halogenated alkanes) is 1. The molecule has 0 aliphatic carbocycles. The van der Waals surface area contributed by atoms with Gasteiger partial charge in [0.25, 0.3) is 0 Å². The van der Waals surface area contributed by atoms with E-state index in [1.54, 1.807) is 12.1 Å². The predicted octanol–water partition coefficient (Wildman–Crippen LogP) is 4.20. The molecule has 0 heterocycles. The van der Waals surface area contributed by atoms with E-state index in [2.05, 4.69) is 12.2 Å². The van der Waals surface area contributed by atoms with Crippen molar-refractivity contribution in [2.45, 2.75) is 36.7 Å². The molecule has 1 aromatic rings. The van der Waals surface area contributed by atoms with Gasteiger partial charge in [0.05, 0.1) is 6.61 Å². The lowest BCUT2D eigenvalue weighted by Crippen LogP contribution is -2.19. The zero-order valence-electron chi connectivity index (χ0n) is 11.5. The van der Waals surface area contributed by atoms with Crippen LogP contribution in [0.15, 0.2) is 29.2 Å². The Morgan fingerprint density at radius 1 is 1.15 bits per heavy atom. The highest BCUT2D eigenvalue weighted by molar-refractivity contribution is 8.00. The van der Waals surface area contributed by atoms with E-state index in [1.165, 1.54) is 12.1 Å². The molecule has 0 saturated carbocycles. The van der Waals surface area contributed by atoms with Gasteiger partial charge < -0.3 is 10.1 Å². The van der Waals surface area contributed by atoms with E-state index in [4.69, 9.17) is 4.74 Å². The van der Waals surface area contributed by atoms with Crippen molar-refractivity contribution in [3.05, 3.63) is 29.8 Å². The number of thioether (sulfide) groups is 1. The molecule has 0 atom stereocenters. The summed E-state index contributed by atoms with van der Waals surface area (Å²) >= 11 is -0.0914. The first-order valence-electron chi connectivity index (χ1n) is 6.64. The van der Waals surface area contributed by atoms with Gasteiger partial charge in [-0.25, -0.2) is 0 Å². The quantitative estimate of drug-likeness (QED) is 0.545. The fourth-order valence-electron chi connectivity index (χ4n) is 1.53. The van der Waals surface area contributed by atoms with E-state index >= 15 is 0 Å². The van der Waals surface area contributed by atoms with Crippen LogP contribution in [0.5, 0.6) is 0 Å². The van der Waals surface area contributed by atoms with Crippen LogP contribution < -0.4 is 5.32 Å². The molecule has 1 aromatic carbocycles. The second-order valence-electron chi connectivity index (χ2n) is 4.33. The standard InChI is InChI=1S/C14H20F3NOS/c1-2-3-9-19-10-8-18-11-12-4-6-13(7-5-12)20-14(15,16)17/h4-7,18H,2-3,8-11H2,1H3. The zero-order valence-corrected chi connectivity index (χ0v) is 12.3. The predicted molar refractivity (Wildman–Crippen MR) is 75.8 cm³/mol. The van der Waals surface area contributed by atoms with Gasteiger partial charge in [-0.15, -0.1) is 0 Å². The minimum absolute atomic E-state index is 0.0914. The fraction of sp³-hybridized carbons (Fsp3) is 0.571. The molecule has 0 spiro atoms. The van der Waals surface area contributed by atoms with Gasteiger partial charge in [-0.05, 0) is 35.9 Å². The second-order valence-corrected chi connectivity index (χ2v) is 5.47. The Kier molecular flexibility index (Phi) is 8.02. The normalized spacial score (nSPS) is 11.8. The highest BCUT2D eigenvalue weighted by Gasteiger charge is 2.28. The lowest BCUT2D eigenvalue weighted by molar-refractivity contribution is -0.0328. The van der Waals surface area contributed by atoms with Gasteiger partial charge in [0, 0.05) is 24.6 Å². The van der Waals surface area contributed by atoms with Gasteiger partial charge in [-0.2, -0.15) is 13.2 Å². The minimum Gasteiger partial charge on any atom is -0.380 e. The van der Waals surface area contributed by atoms with Crippen molar-refractivity contribution >= 4 is 11.8 Å². The molecule has 0 aliphatic heterocycles. The number of rotatable bonds is 9. The summed E-state index contributed by atoms with van der Waals surface area (Å²) in [6, 6.07) is 6.40. The maximum absolute atomic E-state index is 12.2. The van der Waals surface area contributed by atoms with Gasteiger partial charge in [-0.3, -0.25) is 0 Å². The van der Waals surface area contributed by atoms with Crippen LogP contribution >= 0.6 is 11.8 Å². The number of benzene rings is 1. The van der Waals surface area contributed by atoms with Crippen molar-refractivity contribution in [3.63, 3.8) is 0 Å². The number of ether oxygens (including phenoxy) is 1. The smallest absolute Gasteiger partial charge is 0.380 e. The van der Waals surface area contributed by atoms with Crippen molar-refractivity contribution in [2.24, 2.45) is 0 Å². The Balaban J connectivity index is 2.18. The second kappa shape index (κ2) is 9.26.